The van der Waals surface area contributed by atoms with Gasteiger partial charge in [0, 0.05) is 25.4 Å². The molecular formula is C10H13N3O2. The number of nitrogens with zero attached hydrogens (tertiary/aromatic N) is 3. The first kappa shape index (κ1) is 10.1. The molecular weight excluding hydrogens is 194 g/mol. The average molecular weight is 207 g/mol. The molecule has 0 aromatic carbocycles. The fourth-order valence-corrected chi connectivity index (χ4v) is 1.59. The number of hydrogen-bond acceptors (Lipinski definition) is 5. The van der Waals surface area contributed by atoms with E-state index in [9.17, 15) is 0 Å². The van der Waals surface area contributed by atoms with Crippen molar-refractivity contribution in [3.63, 3.8) is 0 Å². The van der Waals surface area contributed by atoms with Gasteiger partial charge in [-0.1, -0.05) is 5.16 Å². The standard InChI is InChI=1S/C10H13N3O2/c11-5-2-1-3-9-12-10(13-15-9)8-4-6-14-7-8/h8H,1-4,6-7H2. The number of rotatable bonds is 4. The predicted molar refractivity (Wildman–Crippen MR) is 51.0 cm³/mol. The van der Waals surface area contributed by atoms with Crippen LogP contribution in [0.25, 0.3) is 0 Å². The highest BCUT2D eigenvalue weighted by Crippen LogP contribution is 2.22. The zero-order chi connectivity index (χ0) is 10.5. The van der Waals surface area contributed by atoms with Gasteiger partial charge in [0.25, 0.3) is 0 Å². The van der Waals surface area contributed by atoms with Crippen LogP contribution in [0.4, 0.5) is 0 Å². The maximum absolute atomic E-state index is 8.39. The molecule has 1 aliphatic rings. The molecule has 1 aliphatic heterocycles. The van der Waals surface area contributed by atoms with E-state index in [4.69, 9.17) is 14.5 Å². The van der Waals surface area contributed by atoms with Crippen LogP contribution in [-0.4, -0.2) is 23.4 Å². The molecule has 1 fully saturated rings. The Kier molecular flexibility index (Phi) is 3.30. The Bertz CT molecular complexity index is 350. The summed E-state index contributed by atoms with van der Waals surface area (Å²) in [6.07, 6.45) is 2.97. The summed E-state index contributed by atoms with van der Waals surface area (Å²) in [5.41, 5.74) is 0. The molecule has 0 aliphatic carbocycles. The molecule has 2 rings (SSSR count). The molecule has 80 valence electrons. The van der Waals surface area contributed by atoms with Gasteiger partial charge < -0.3 is 9.26 Å². The second-order valence-electron chi connectivity index (χ2n) is 3.62. The number of aromatic nitrogens is 2. The summed E-state index contributed by atoms with van der Waals surface area (Å²) in [4.78, 5) is 4.30. The molecule has 5 heteroatoms. The Morgan fingerprint density at radius 1 is 1.53 bits per heavy atom. The van der Waals surface area contributed by atoms with Crippen molar-refractivity contribution in [3.8, 4) is 6.07 Å². The first-order chi connectivity index (χ1) is 7.40. The van der Waals surface area contributed by atoms with E-state index in [1.807, 2.05) is 0 Å². The molecule has 0 amide bonds. The second-order valence-corrected chi connectivity index (χ2v) is 3.62. The van der Waals surface area contributed by atoms with Gasteiger partial charge in [-0.3, -0.25) is 0 Å². The molecule has 1 saturated heterocycles. The van der Waals surface area contributed by atoms with E-state index < -0.39 is 0 Å². The zero-order valence-corrected chi connectivity index (χ0v) is 8.48. The summed E-state index contributed by atoms with van der Waals surface area (Å²) in [7, 11) is 0. The predicted octanol–water partition coefficient (Wildman–Crippen LogP) is 1.42. The molecule has 0 radical (unpaired) electrons. The smallest absolute Gasteiger partial charge is 0.226 e. The lowest BCUT2D eigenvalue weighted by Gasteiger charge is -1.97. The highest BCUT2D eigenvalue weighted by atomic mass is 16.5. The van der Waals surface area contributed by atoms with Crippen molar-refractivity contribution in [2.24, 2.45) is 0 Å². The van der Waals surface area contributed by atoms with E-state index in [1.54, 1.807) is 0 Å². The quantitative estimate of drug-likeness (QED) is 0.698. The Morgan fingerprint density at radius 3 is 3.20 bits per heavy atom. The van der Waals surface area contributed by atoms with Gasteiger partial charge in [0.05, 0.1) is 12.7 Å². The van der Waals surface area contributed by atoms with Crippen molar-refractivity contribution in [3.05, 3.63) is 11.7 Å². The second kappa shape index (κ2) is 4.89. The summed E-state index contributed by atoms with van der Waals surface area (Å²) in [5.74, 6) is 1.67. The first-order valence-electron chi connectivity index (χ1n) is 5.17. The minimum absolute atomic E-state index is 0.290. The molecule has 5 nitrogen and oxygen atoms in total. The lowest BCUT2D eigenvalue weighted by molar-refractivity contribution is 0.192. The van der Waals surface area contributed by atoms with E-state index >= 15 is 0 Å². The van der Waals surface area contributed by atoms with Crippen LogP contribution in [0.15, 0.2) is 4.52 Å². The van der Waals surface area contributed by atoms with Crippen molar-refractivity contribution in [1.29, 1.82) is 5.26 Å². The minimum atomic E-state index is 0.290. The molecule has 1 unspecified atom stereocenters. The maximum Gasteiger partial charge on any atom is 0.226 e. The van der Waals surface area contributed by atoms with Crippen molar-refractivity contribution in [1.82, 2.24) is 10.1 Å². The van der Waals surface area contributed by atoms with E-state index in [0.717, 1.165) is 25.3 Å². The van der Waals surface area contributed by atoms with Gasteiger partial charge in [-0.05, 0) is 12.8 Å². The molecule has 0 N–H and O–H groups in total. The lowest BCUT2D eigenvalue weighted by atomic mass is 10.1. The van der Waals surface area contributed by atoms with Crippen molar-refractivity contribution in [2.45, 2.75) is 31.6 Å². The molecule has 1 aromatic rings. The van der Waals surface area contributed by atoms with Crippen LogP contribution in [-0.2, 0) is 11.2 Å². The zero-order valence-electron chi connectivity index (χ0n) is 8.48. The lowest BCUT2D eigenvalue weighted by Crippen LogP contribution is -2.00. The van der Waals surface area contributed by atoms with E-state index in [1.165, 1.54) is 0 Å². The number of aryl methyl sites for hydroxylation is 1. The molecule has 0 spiro atoms. The first-order valence-corrected chi connectivity index (χ1v) is 5.17. The fraction of sp³-hybridized carbons (Fsp3) is 0.700. The molecule has 0 saturated carbocycles. The number of nitriles is 1. The van der Waals surface area contributed by atoms with Gasteiger partial charge in [0.2, 0.25) is 5.89 Å². The van der Waals surface area contributed by atoms with Crippen LogP contribution < -0.4 is 0 Å². The van der Waals surface area contributed by atoms with E-state index in [2.05, 4.69) is 16.2 Å². The van der Waals surface area contributed by atoms with Crippen LogP contribution >= 0.6 is 0 Å². The normalized spacial score (nSPS) is 20.3. The third-order valence-electron chi connectivity index (χ3n) is 2.46. The monoisotopic (exact) mass is 207 g/mol. The summed E-state index contributed by atoms with van der Waals surface area (Å²) in [6.45, 7) is 1.47. The van der Waals surface area contributed by atoms with Crippen molar-refractivity contribution in [2.75, 3.05) is 13.2 Å². The highest BCUT2D eigenvalue weighted by molar-refractivity contribution is 4.97. The maximum atomic E-state index is 8.39. The van der Waals surface area contributed by atoms with Crippen LogP contribution in [0.2, 0.25) is 0 Å². The van der Waals surface area contributed by atoms with E-state index in [0.29, 0.717) is 31.3 Å². The van der Waals surface area contributed by atoms with Gasteiger partial charge in [-0.15, -0.1) is 0 Å². The number of hydrogen-bond donors (Lipinski definition) is 0. The highest BCUT2D eigenvalue weighted by Gasteiger charge is 2.22. The molecule has 2 heterocycles. The van der Waals surface area contributed by atoms with Gasteiger partial charge >= 0.3 is 0 Å². The van der Waals surface area contributed by atoms with Gasteiger partial charge in [-0.2, -0.15) is 10.2 Å². The van der Waals surface area contributed by atoms with Crippen LogP contribution in [0.3, 0.4) is 0 Å². The third-order valence-corrected chi connectivity index (χ3v) is 2.46. The van der Waals surface area contributed by atoms with Crippen LogP contribution in [0.5, 0.6) is 0 Å². The van der Waals surface area contributed by atoms with Gasteiger partial charge in [-0.25, -0.2) is 0 Å². The average Bonchev–Trinajstić information content (AvgIpc) is 2.87. The summed E-state index contributed by atoms with van der Waals surface area (Å²) in [6, 6.07) is 2.09. The van der Waals surface area contributed by atoms with Crippen LogP contribution in [0, 0.1) is 11.3 Å². The topological polar surface area (TPSA) is 71.9 Å². The minimum Gasteiger partial charge on any atom is -0.381 e. The SMILES string of the molecule is N#CCCCc1nc(C2CCOC2)no1. The summed E-state index contributed by atoms with van der Waals surface area (Å²) in [5, 5.41) is 12.3. The summed E-state index contributed by atoms with van der Waals surface area (Å²) < 4.78 is 10.4. The van der Waals surface area contributed by atoms with Crippen molar-refractivity contribution >= 4 is 0 Å². The Labute approximate surface area is 88.0 Å². The molecule has 0 bridgehead atoms. The number of unbranched alkanes of at least 4 members (excludes halogenated alkanes) is 1. The Balaban J connectivity index is 1.89. The Hall–Kier alpha value is -1.41. The number of ether oxygens (including phenoxy) is 1. The molecule has 1 aromatic heterocycles. The summed E-state index contributed by atoms with van der Waals surface area (Å²) >= 11 is 0. The third kappa shape index (κ3) is 2.54. The van der Waals surface area contributed by atoms with Crippen molar-refractivity contribution < 1.29 is 9.26 Å². The van der Waals surface area contributed by atoms with Crippen LogP contribution in [0.1, 0.15) is 36.9 Å². The fourth-order valence-electron chi connectivity index (χ4n) is 1.59. The van der Waals surface area contributed by atoms with Gasteiger partial charge in [0.15, 0.2) is 5.82 Å². The van der Waals surface area contributed by atoms with Gasteiger partial charge in [0.1, 0.15) is 0 Å². The van der Waals surface area contributed by atoms with E-state index in [-0.39, 0.29) is 0 Å². The Morgan fingerprint density at radius 2 is 2.47 bits per heavy atom. The molecule has 15 heavy (non-hydrogen) atoms. The largest absolute Gasteiger partial charge is 0.381 e. The molecule has 1 atom stereocenters.